The Morgan fingerprint density at radius 1 is 0.968 bits per heavy atom. The molecule has 0 radical (unpaired) electrons. The van der Waals surface area contributed by atoms with Gasteiger partial charge in [0.05, 0.1) is 16.3 Å². The van der Waals surface area contributed by atoms with Crippen LogP contribution in [0.1, 0.15) is 16.8 Å². The molecule has 5 nitrogen and oxygen atoms in total. The molecule has 156 valence electrons. The topological polar surface area (TPSA) is 67.8 Å². The molecule has 0 aliphatic rings. The molecule has 2 aromatic heterocycles. The largest absolute Gasteiger partial charge is 0.325 e. The van der Waals surface area contributed by atoms with Crippen LogP contribution in [0.5, 0.6) is 0 Å². The van der Waals surface area contributed by atoms with Crippen LogP contribution in [0.25, 0.3) is 21.1 Å². The molecule has 2 aromatic carbocycles. The van der Waals surface area contributed by atoms with Gasteiger partial charge < -0.3 is 5.32 Å². The molecule has 0 spiro atoms. The second kappa shape index (κ2) is 9.41. The summed E-state index contributed by atoms with van der Waals surface area (Å²) in [6, 6.07) is 20.0. The molecule has 0 bridgehead atoms. The maximum Gasteiger partial charge on any atom is 0.234 e. The third-order valence-corrected chi connectivity index (χ3v) is 6.70. The predicted molar refractivity (Wildman–Crippen MR) is 129 cm³/mol. The lowest BCUT2D eigenvalue weighted by molar-refractivity contribution is -0.113. The Bertz CT molecular complexity index is 1180. The number of anilines is 1. The van der Waals surface area contributed by atoms with E-state index in [0.29, 0.717) is 5.03 Å². The number of hydrogen-bond donors (Lipinski definition) is 1. The van der Waals surface area contributed by atoms with Crippen molar-refractivity contribution in [2.45, 2.75) is 25.8 Å². The van der Waals surface area contributed by atoms with Gasteiger partial charge in [-0.15, -0.1) is 21.5 Å². The number of aromatic nitrogens is 3. The maximum atomic E-state index is 12.3. The molecule has 0 aliphatic carbocycles. The lowest BCUT2D eigenvalue weighted by Gasteiger charge is -2.07. The lowest BCUT2D eigenvalue weighted by Crippen LogP contribution is -2.14. The first-order valence-corrected chi connectivity index (χ1v) is 11.7. The number of carbonyl (C=O) groups is 1. The Labute approximate surface area is 190 Å². The fraction of sp³-hybridized carbons (Fsp3) is 0.167. The molecule has 0 saturated carbocycles. The number of thioether (sulfide) groups is 1. The van der Waals surface area contributed by atoms with Gasteiger partial charge in [0, 0.05) is 11.3 Å². The van der Waals surface area contributed by atoms with E-state index in [4.69, 9.17) is 0 Å². The van der Waals surface area contributed by atoms with E-state index in [0.717, 1.165) is 43.7 Å². The van der Waals surface area contributed by atoms with Crippen LogP contribution in [0.3, 0.4) is 0 Å². The van der Waals surface area contributed by atoms with Crippen molar-refractivity contribution in [1.82, 2.24) is 15.2 Å². The second-order valence-electron chi connectivity index (χ2n) is 7.27. The van der Waals surface area contributed by atoms with Crippen LogP contribution in [0.15, 0.2) is 65.7 Å². The third-order valence-electron chi connectivity index (χ3n) is 4.55. The molecule has 1 N–H and O–H groups in total. The van der Waals surface area contributed by atoms with Crippen molar-refractivity contribution < 1.29 is 4.79 Å². The summed E-state index contributed by atoms with van der Waals surface area (Å²) in [6.45, 7) is 6.02. The van der Waals surface area contributed by atoms with Gasteiger partial charge in [-0.05, 0) is 56.2 Å². The van der Waals surface area contributed by atoms with Gasteiger partial charge >= 0.3 is 0 Å². The second-order valence-corrected chi connectivity index (χ2v) is 9.26. The highest BCUT2D eigenvalue weighted by atomic mass is 32.2. The number of hydrogen-bond acceptors (Lipinski definition) is 6. The zero-order valence-electron chi connectivity index (χ0n) is 17.5. The minimum Gasteiger partial charge on any atom is -0.325 e. The summed E-state index contributed by atoms with van der Waals surface area (Å²) in [5.41, 5.74) is 5.89. The first kappa shape index (κ1) is 21.2. The molecule has 1 amide bonds. The number of aryl methyl sites for hydroxylation is 3. The Kier molecular flexibility index (Phi) is 6.44. The number of benzene rings is 2. The number of nitrogens with zero attached hydrogens (tertiary/aromatic N) is 3. The molecule has 0 aliphatic heterocycles. The molecule has 0 atom stereocenters. The molecule has 0 fully saturated rings. The summed E-state index contributed by atoms with van der Waals surface area (Å²) in [4.78, 5) is 18.0. The van der Waals surface area contributed by atoms with E-state index < -0.39 is 0 Å². The van der Waals surface area contributed by atoms with Gasteiger partial charge in [-0.1, -0.05) is 48.2 Å². The first-order chi connectivity index (χ1) is 15.0. The van der Waals surface area contributed by atoms with Crippen LogP contribution in [-0.2, 0) is 4.79 Å². The SMILES string of the molecule is Cc1cc(C)cc(NC(=O)CSc2ccc(-c3sc(-c4ccccc4)nc3C)nn2)c1. The fourth-order valence-corrected chi connectivity index (χ4v) is 4.89. The Morgan fingerprint density at radius 3 is 2.39 bits per heavy atom. The monoisotopic (exact) mass is 446 g/mol. The van der Waals surface area contributed by atoms with E-state index in [1.807, 2.05) is 63.2 Å². The van der Waals surface area contributed by atoms with Crippen LogP contribution in [0.2, 0.25) is 0 Å². The number of amides is 1. The molecular weight excluding hydrogens is 424 g/mol. The van der Waals surface area contributed by atoms with E-state index in [2.05, 4.69) is 38.7 Å². The van der Waals surface area contributed by atoms with Crippen LogP contribution in [-0.4, -0.2) is 26.8 Å². The predicted octanol–water partition coefficient (Wildman–Crippen LogP) is 5.92. The van der Waals surface area contributed by atoms with Crippen LogP contribution in [0, 0.1) is 20.8 Å². The van der Waals surface area contributed by atoms with Crippen molar-refractivity contribution in [3.05, 3.63) is 77.5 Å². The van der Waals surface area contributed by atoms with E-state index in [1.54, 1.807) is 11.3 Å². The van der Waals surface area contributed by atoms with Crippen molar-refractivity contribution in [2.24, 2.45) is 0 Å². The van der Waals surface area contributed by atoms with E-state index >= 15 is 0 Å². The zero-order valence-corrected chi connectivity index (χ0v) is 19.2. The summed E-state index contributed by atoms with van der Waals surface area (Å²) < 4.78 is 0. The highest BCUT2D eigenvalue weighted by Gasteiger charge is 2.13. The van der Waals surface area contributed by atoms with Crippen molar-refractivity contribution in [3.8, 4) is 21.1 Å². The standard InChI is InChI=1S/C24H22N4OS2/c1-15-11-16(2)13-19(12-15)26-21(29)14-30-22-10-9-20(27-28-22)23-17(3)25-24(31-23)18-7-5-4-6-8-18/h4-13H,14H2,1-3H3,(H,26,29). The zero-order chi connectivity index (χ0) is 21.8. The number of rotatable bonds is 6. The number of thiazole rings is 1. The third kappa shape index (κ3) is 5.37. The normalized spacial score (nSPS) is 10.8. The molecule has 4 aromatic rings. The van der Waals surface area contributed by atoms with Gasteiger partial charge in [-0.2, -0.15) is 0 Å². The number of nitrogens with one attached hydrogen (secondary N) is 1. The average molecular weight is 447 g/mol. The van der Waals surface area contributed by atoms with Gasteiger partial charge in [0.1, 0.15) is 15.7 Å². The Morgan fingerprint density at radius 2 is 1.71 bits per heavy atom. The molecule has 31 heavy (non-hydrogen) atoms. The van der Waals surface area contributed by atoms with Crippen LogP contribution >= 0.6 is 23.1 Å². The molecule has 0 unspecified atom stereocenters. The summed E-state index contributed by atoms with van der Waals surface area (Å²) in [5, 5.41) is 13.3. The maximum absolute atomic E-state index is 12.3. The van der Waals surface area contributed by atoms with Gasteiger partial charge in [0.2, 0.25) is 5.91 Å². The Hall–Kier alpha value is -3.03. The highest BCUT2D eigenvalue weighted by molar-refractivity contribution is 7.99. The van der Waals surface area contributed by atoms with Crippen molar-refractivity contribution in [1.29, 1.82) is 0 Å². The highest BCUT2D eigenvalue weighted by Crippen LogP contribution is 2.34. The fourth-order valence-electron chi connectivity index (χ4n) is 3.24. The molecule has 2 heterocycles. The lowest BCUT2D eigenvalue weighted by atomic mass is 10.1. The molecular formula is C24H22N4OS2. The summed E-state index contributed by atoms with van der Waals surface area (Å²) in [6.07, 6.45) is 0. The van der Waals surface area contributed by atoms with Gasteiger partial charge in [0.15, 0.2) is 0 Å². The van der Waals surface area contributed by atoms with E-state index in [1.165, 1.54) is 11.8 Å². The molecule has 7 heteroatoms. The average Bonchev–Trinajstić information content (AvgIpc) is 3.14. The van der Waals surface area contributed by atoms with Crippen molar-refractivity contribution in [2.75, 3.05) is 11.1 Å². The van der Waals surface area contributed by atoms with Crippen molar-refractivity contribution in [3.63, 3.8) is 0 Å². The van der Waals surface area contributed by atoms with Crippen LogP contribution < -0.4 is 5.32 Å². The first-order valence-electron chi connectivity index (χ1n) is 9.86. The van der Waals surface area contributed by atoms with Gasteiger partial charge in [0.25, 0.3) is 0 Å². The molecule has 0 saturated heterocycles. The number of carbonyl (C=O) groups excluding carboxylic acids is 1. The van der Waals surface area contributed by atoms with E-state index in [9.17, 15) is 4.79 Å². The Balaban J connectivity index is 1.39. The summed E-state index contributed by atoms with van der Waals surface area (Å²) >= 11 is 2.98. The minimum absolute atomic E-state index is 0.0633. The van der Waals surface area contributed by atoms with Gasteiger partial charge in [-0.25, -0.2) is 4.98 Å². The summed E-state index contributed by atoms with van der Waals surface area (Å²) in [7, 11) is 0. The van der Waals surface area contributed by atoms with Crippen molar-refractivity contribution >= 4 is 34.7 Å². The smallest absolute Gasteiger partial charge is 0.234 e. The van der Waals surface area contributed by atoms with E-state index in [-0.39, 0.29) is 11.7 Å². The van der Waals surface area contributed by atoms with Crippen LogP contribution in [0.4, 0.5) is 5.69 Å². The molecule has 4 rings (SSSR count). The van der Waals surface area contributed by atoms with Gasteiger partial charge in [-0.3, -0.25) is 4.79 Å². The summed E-state index contributed by atoms with van der Waals surface area (Å²) in [5.74, 6) is 0.213. The quantitative estimate of drug-likeness (QED) is 0.372. The minimum atomic E-state index is -0.0633.